The number of H-pyrrole nitrogens is 1. The van der Waals surface area contributed by atoms with Crippen LogP contribution in [0.2, 0.25) is 0 Å². The predicted molar refractivity (Wildman–Crippen MR) is 151 cm³/mol. The van der Waals surface area contributed by atoms with Gasteiger partial charge in [-0.3, -0.25) is 14.4 Å². The van der Waals surface area contributed by atoms with Crippen molar-refractivity contribution in [2.24, 2.45) is 0 Å². The van der Waals surface area contributed by atoms with Crippen LogP contribution in [0.25, 0.3) is 16.6 Å². The molecule has 0 spiro atoms. The molecule has 2 amide bonds. The maximum absolute atomic E-state index is 13.8. The van der Waals surface area contributed by atoms with Gasteiger partial charge in [0.15, 0.2) is 0 Å². The summed E-state index contributed by atoms with van der Waals surface area (Å²) in [6.45, 7) is 6.11. The number of hydrogen-bond donors (Lipinski definition) is 3. The first-order chi connectivity index (χ1) is 18.2. The predicted octanol–water partition coefficient (Wildman–Crippen LogP) is 4.24. The van der Waals surface area contributed by atoms with E-state index < -0.39 is 0 Å². The molecule has 1 aliphatic rings. The number of anilines is 1. The molecular formula is C28H29BrN6O3. The van der Waals surface area contributed by atoms with Gasteiger partial charge in [0, 0.05) is 45.6 Å². The Morgan fingerprint density at radius 2 is 1.89 bits per heavy atom. The van der Waals surface area contributed by atoms with Crippen LogP contribution in [0.1, 0.15) is 52.9 Å². The van der Waals surface area contributed by atoms with Crippen LogP contribution in [0.4, 0.5) is 5.95 Å². The number of amides is 2. The molecule has 9 nitrogen and oxygen atoms in total. The Kier molecular flexibility index (Phi) is 6.83. The second-order valence-corrected chi connectivity index (χ2v) is 10.7. The van der Waals surface area contributed by atoms with E-state index in [1.54, 1.807) is 40.8 Å². The lowest BCUT2D eigenvalue weighted by atomic mass is 9.99. The van der Waals surface area contributed by atoms with Gasteiger partial charge in [0.2, 0.25) is 5.95 Å². The molecule has 2 aromatic carbocycles. The highest BCUT2D eigenvalue weighted by Gasteiger charge is 2.32. The quantitative estimate of drug-likeness (QED) is 0.329. The summed E-state index contributed by atoms with van der Waals surface area (Å²) in [7, 11) is 1.57. The number of carbonyl (C=O) groups excluding carboxylic acids is 2. The van der Waals surface area contributed by atoms with Crippen molar-refractivity contribution in [2.45, 2.75) is 45.8 Å². The molecule has 0 radical (unpaired) electrons. The van der Waals surface area contributed by atoms with Crippen LogP contribution in [0.5, 0.6) is 0 Å². The number of carbonyl (C=O) groups is 2. The Labute approximate surface area is 228 Å². The van der Waals surface area contributed by atoms with Gasteiger partial charge in [0.25, 0.3) is 17.4 Å². The molecule has 196 valence electrons. The van der Waals surface area contributed by atoms with Crippen LogP contribution in [0.3, 0.4) is 0 Å². The molecule has 38 heavy (non-hydrogen) atoms. The fourth-order valence-electron chi connectivity index (χ4n) is 4.82. The SMILES string of the molecule is CNC(=O)c1ccc(-n2c(NC(C)C)nc3c(c2=O)C[C@@H](C)N(C(=O)c2cc4c(Br)cccc4[nH]2)C3)cc1. The van der Waals surface area contributed by atoms with Gasteiger partial charge < -0.3 is 20.5 Å². The lowest BCUT2D eigenvalue weighted by molar-refractivity contribution is 0.0648. The first-order valence-electron chi connectivity index (χ1n) is 12.5. The molecule has 3 N–H and O–H groups in total. The van der Waals surface area contributed by atoms with E-state index >= 15 is 0 Å². The van der Waals surface area contributed by atoms with Crippen LogP contribution in [-0.4, -0.2) is 50.4 Å². The average molecular weight is 577 g/mol. The maximum atomic E-state index is 13.8. The number of nitrogens with one attached hydrogen (secondary N) is 3. The van der Waals surface area contributed by atoms with Crippen LogP contribution in [0.15, 0.2) is 57.8 Å². The average Bonchev–Trinajstić information content (AvgIpc) is 3.34. The summed E-state index contributed by atoms with van der Waals surface area (Å²) in [5, 5.41) is 6.82. The summed E-state index contributed by atoms with van der Waals surface area (Å²) in [6.07, 6.45) is 0.384. The van der Waals surface area contributed by atoms with Gasteiger partial charge in [-0.1, -0.05) is 22.0 Å². The summed E-state index contributed by atoms with van der Waals surface area (Å²) in [4.78, 5) is 49.2. The highest BCUT2D eigenvalue weighted by atomic mass is 79.9. The monoisotopic (exact) mass is 576 g/mol. The number of nitrogens with zero attached hydrogens (tertiary/aromatic N) is 3. The molecule has 3 heterocycles. The summed E-state index contributed by atoms with van der Waals surface area (Å²) in [6, 6.07) is 14.3. The zero-order chi connectivity index (χ0) is 27.1. The molecule has 0 saturated carbocycles. The van der Waals surface area contributed by atoms with Gasteiger partial charge >= 0.3 is 0 Å². The van der Waals surface area contributed by atoms with Crippen molar-refractivity contribution in [3.05, 3.63) is 85.9 Å². The zero-order valence-electron chi connectivity index (χ0n) is 21.6. The summed E-state index contributed by atoms with van der Waals surface area (Å²) in [5.41, 5.74) is 3.47. The molecule has 0 fully saturated rings. The van der Waals surface area contributed by atoms with Crippen LogP contribution in [0, 0.1) is 0 Å². The normalized spacial score (nSPS) is 15.0. The minimum absolute atomic E-state index is 0.0152. The Bertz CT molecular complexity index is 1610. The minimum Gasteiger partial charge on any atom is -0.355 e. The minimum atomic E-state index is -0.202. The Morgan fingerprint density at radius 3 is 2.55 bits per heavy atom. The molecule has 0 saturated heterocycles. The molecule has 0 aliphatic carbocycles. The molecular weight excluding hydrogens is 548 g/mol. The van der Waals surface area contributed by atoms with Crippen molar-refractivity contribution in [3.63, 3.8) is 0 Å². The molecule has 5 rings (SSSR count). The van der Waals surface area contributed by atoms with Gasteiger partial charge in [0.1, 0.15) is 5.69 Å². The molecule has 2 aromatic heterocycles. The third kappa shape index (κ3) is 4.60. The van der Waals surface area contributed by atoms with E-state index in [4.69, 9.17) is 4.98 Å². The molecule has 4 aromatic rings. The van der Waals surface area contributed by atoms with Gasteiger partial charge in [-0.15, -0.1) is 0 Å². The number of fused-ring (bicyclic) bond motifs is 2. The van der Waals surface area contributed by atoms with E-state index in [9.17, 15) is 14.4 Å². The number of aromatic amines is 1. The first kappa shape index (κ1) is 25.7. The van der Waals surface area contributed by atoms with Crippen molar-refractivity contribution in [1.29, 1.82) is 0 Å². The fourth-order valence-corrected chi connectivity index (χ4v) is 5.30. The van der Waals surface area contributed by atoms with E-state index in [2.05, 4.69) is 31.5 Å². The lowest BCUT2D eigenvalue weighted by Gasteiger charge is -2.34. The van der Waals surface area contributed by atoms with Crippen molar-refractivity contribution in [1.82, 2.24) is 24.8 Å². The number of benzene rings is 2. The first-order valence-corrected chi connectivity index (χ1v) is 13.3. The highest BCUT2D eigenvalue weighted by Crippen LogP contribution is 2.28. The fraction of sp³-hybridized carbons (Fsp3) is 0.286. The molecule has 1 atom stereocenters. The van der Waals surface area contributed by atoms with E-state index in [1.807, 2.05) is 45.0 Å². The van der Waals surface area contributed by atoms with Gasteiger partial charge in [-0.05, 0) is 69.7 Å². The van der Waals surface area contributed by atoms with Crippen LogP contribution >= 0.6 is 15.9 Å². The second-order valence-electron chi connectivity index (χ2n) is 9.80. The molecule has 0 bridgehead atoms. The maximum Gasteiger partial charge on any atom is 0.270 e. The highest BCUT2D eigenvalue weighted by molar-refractivity contribution is 9.10. The van der Waals surface area contributed by atoms with Crippen LogP contribution in [-0.2, 0) is 13.0 Å². The Morgan fingerprint density at radius 1 is 1.16 bits per heavy atom. The smallest absolute Gasteiger partial charge is 0.270 e. The molecule has 1 aliphatic heterocycles. The third-order valence-corrected chi connectivity index (χ3v) is 7.44. The van der Waals surface area contributed by atoms with Gasteiger partial charge in [-0.2, -0.15) is 0 Å². The van der Waals surface area contributed by atoms with Crippen molar-refractivity contribution in [3.8, 4) is 5.69 Å². The van der Waals surface area contributed by atoms with Gasteiger partial charge in [0.05, 0.1) is 17.9 Å². The van der Waals surface area contributed by atoms with E-state index in [0.717, 1.165) is 15.4 Å². The Balaban J connectivity index is 1.54. The standard InChI is InChI=1S/C28H29BrN6O3/c1-15(2)31-28-33-24-14-34(27(38)23-13-19-21(29)6-5-7-22(19)32-23)16(3)12-20(24)26(37)35(28)18-10-8-17(9-11-18)25(36)30-4/h5-11,13,15-16,32H,12,14H2,1-4H3,(H,30,36)(H,31,33)/t16-/m1/s1. The lowest BCUT2D eigenvalue weighted by Crippen LogP contribution is -2.46. The Hall–Kier alpha value is -3.92. The van der Waals surface area contributed by atoms with Gasteiger partial charge in [-0.25, -0.2) is 9.55 Å². The largest absolute Gasteiger partial charge is 0.355 e. The number of aromatic nitrogens is 3. The van der Waals surface area contributed by atoms with Crippen LogP contribution < -0.4 is 16.2 Å². The topological polar surface area (TPSA) is 112 Å². The summed E-state index contributed by atoms with van der Waals surface area (Å²) < 4.78 is 2.46. The van der Waals surface area contributed by atoms with Crippen molar-refractivity contribution < 1.29 is 9.59 Å². The summed E-state index contributed by atoms with van der Waals surface area (Å²) in [5.74, 6) is 0.0576. The second kappa shape index (κ2) is 10.1. The zero-order valence-corrected chi connectivity index (χ0v) is 23.2. The summed E-state index contributed by atoms with van der Waals surface area (Å²) >= 11 is 3.55. The van der Waals surface area contributed by atoms with Crippen molar-refractivity contribution >= 4 is 44.6 Å². The van der Waals surface area contributed by atoms with E-state index in [-0.39, 0.29) is 36.0 Å². The van der Waals surface area contributed by atoms with Crippen molar-refractivity contribution in [2.75, 3.05) is 12.4 Å². The number of hydrogen-bond acceptors (Lipinski definition) is 5. The number of halogens is 1. The third-order valence-electron chi connectivity index (χ3n) is 6.75. The van der Waals surface area contributed by atoms with E-state index in [0.29, 0.717) is 40.6 Å². The molecule has 10 heteroatoms. The molecule has 0 unspecified atom stereocenters. The number of rotatable bonds is 5. The van der Waals surface area contributed by atoms with E-state index in [1.165, 1.54) is 0 Å².